The number of hydrogen-bond donors (Lipinski definition) is 0. The number of halogens is 1. The van der Waals surface area contributed by atoms with Crippen LogP contribution in [0.5, 0.6) is 0 Å². The SMILES string of the molecule is CC(C)(C)OC(=O)N(c1cc2n(n1)CCOC2)c1cc(C2=CC(=O)CC2)cn2ncnc12.CC(C)(C)OC(=O)N(c1cc2n(n1)CCOC2)c1cc(Cl)cn2ncnc12.CC1(C)OB(C2=CC(=O)CC2)OC1(C)C. The molecule has 0 atom stereocenters. The van der Waals surface area contributed by atoms with Gasteiger partial charge in [-0.2, -0.15) is 20.4 Å². The summed E-state index contributed by atoms with van der Waals surface area (Å²) >= 11 is 6.24. The fraction of sp³-hybridized carbons (Fsp3) is 0.480. The van der Waals surface area contributed by atoms with E-state index in [4.69, 9.17) is 39.9 Å². The van der Waals surface area contributed by atoms with Crippen LogP contribution in [0.1, 0.15) is 112 Å². The van der Waals surface area contributed by atoms with Gasteiger partial charge in [0, 0.05) is 37.4 Å². The number of ketones is 2. The number of hydrogen-bond acceptors (Lipinski definition) is 16. The van der Waals surface area contributed by atoms with Crippen molar-refractivity contribution in [2.45, 2.75) is 144 Å². The summed E-state index contributed by atoms with van der Waals surface area (Å²) in [5, 5.41) is 18.0. The number of anilines is 4. The minimum atomic E-state index is -0.709. The number of nitrogens with zero attached hydrogens (tertiary/aromatic N) is 12. The zero-order valence-electron chi connectivity index (χ0n) is 43.2. The Hall–Kier alpha value is -6.79. The lowest BCUT2D eigenvalue weighted by molar-refractivity contribution is -0.114. The van der Waals surface area contributed by atoms with Crippen LogP contribution in [0.15, 0.2) is 66.9 Å². The van der Waals surface area contributed by atoms with Crippen LogP contribution in [0.3, 0.4) is 0 Å². The second-order valence-electron chi connectivity index (χ2n) is 21.3. The normalized spacial score (nSPS) is 18.0. The fourth-order valence-electron chi connectivity index (χ4n) is 8.53. The molecule has 0 unspecified atom stereocenters. The minimum Gasteiger partial charge on any atom is -0.443 e. The van der Waals surface area contributed by atoms with E-state index in [1.54, 1.807) is 55.8 Å². The molecule has 0 spiro atoms. The van der Waals surface area contributed by atoms with Gasteiger partial charge in [-0.3, -0.25) is 19.0 Å². The number of rotatable bonds is 6. The van der Waals surface area contributed by atoms with Crippen LogP contribution in [-0.4, -0.2) is 115 Å². The Morgan fingerprint density at radius 3 is 1.62 bits per heavy atom. The van der Waals surface area contributed by atoms with Crippen molar-refractivity contribution in [3.63, 3.8) is 0 Å². The first-order valence-corrected chi connectivity index (χ1v) is 24.8. The number of pyridine rings is 2. The monoisotopic (exact) mass is 1030 g/mol. The lowest BCUT2D eigenvalue weighted by Crippen LogP contribution is -2.41. The fourth-order valence-corrected chi connectivity index (χ4v) is 8.73. The van der Waals surface area contributed by atoms with E-state index >= 15 is 0 Å². The first-order valence-electron chi connectivity index (χ1n) is 24.4. The van der Waals surface area contributed by atoms with Crippen LogP contribution in [0, 0.1) is 0 Å². The van der Waals surface area contributed by atoms with Gasteiger partial charge < -0.3 is 28.3 Å². The van der Waals surface area contributed by atoms with E-state index in [0.29, 0.717) is 98.1 Å². The lowest BCUT2D eigenvalue weighted by atomic mass is 9.78. The average molecular weight is 1040 g/mol. The molecular formula is C50H60BClN12O10. The van der Waals surface area contributed by atoms with Gasteiger partial charge in [-0.1, -0.05) is 11.6 Å². The lowest BCUT2D eigenvalue weighted by Gasteiger charge is -2.32. The van der Waals surface area contributed by atoms with Crippen LogP contribution in [0.2, 0.25) is 5.02 Å². The molecule has 22 nitrogen and oxygen atoms in total. The van der Waals surface area contributed by atoms with E-state index in [-0.39, 0.29) is 29.9 Å². The van der Waals surface area contributed by atoms with Crippen LogP contribution in [0.4, 0.5) is 32.6 Å². The first kappa shape index (κ1) is 52.1. The predicted octanol–water partition coefficient (Wildman–Crippen LogP) is 8.37. The molecule has 0 aromatic carbocycles. The zero-order valence-corrected chi connectivity index (χ0v) is 44.0. The zero-order chi connectivity index (χ0) is 52.9. The number of fused-ring (bicyclic) bond motifs is 4. The van der Waals surface area contributed by atoms with Crippen molar-refractivity contribution < 1.29 is 47.4 Å². The minimum absolute atomic E-state index is 0.0889. The molecule has 6 aromatic heterocycles. The van der Waals surface area contributed by atoms with Crippen molar-refractivity contribution in [2.24, 2.45) is 0 Å². The van der Waals surface area contributed by atoms with Crippen LogP contribution >= 0.6 is 11.6 Å². The molecule has 0 N–H and O–H groups in total. The molecule has 1 fully saturated rings. The standard InChI is InChI=1S/C22H24N6O4.C17H19ClN6O3.C11H17BO3/c1-22(2,3)32-21(30)28(19-10-16-12-31-7-6-26(16)25-19)18-9-15(14-4-5-17(29)8-14)11-27-20(18)23-13-24-27;1-17(2,3)27-16(25)24(14-7-12-9-26-5-4-22(12)21-14)13-6-11(18)8-23-15(13)19-10-20-23;1-10(2)11(3,4)15-12(14-10)8-5-6-9(13)7-8/h8-11,13H,4-7,12H2,1-3H3;6-8,10H,4-5,9H2,1-3H3;7H,5-6H2,1-4H3. The Kier molecular flexibility index (Phi) is 14.2. The van der Waals surface area contributed by atoms with Gasteiger partial charge in [0.15, 0.2) is 34.5 Å². The van der Waals surface area contributed by atoms with Gasteiger partial charge in [0.05, 0.1) is 72.8 Å². The van der Waals surface area contributed by atoms with Gasteiger partial charge in [0.25, 0.3) is 0 Å². The molecule has 6 aromatic rings. The third kappa shape index (κ3) is 11.3. The Labute approximate surface area is 432 Å². The molecule has 1 saturated heterocycles. The molecule has 2 amide bonds. The Morgan fingerprint density at radius 2 is 1.16 bits per heavy atom. The second kappa shape index (κ2) is 20.2. The van der Waals surface area contributed by atoms with E-state index in [9.17, 15) is 19.2 Å². The van der Waals surface area contributed by atoms with E-state index in [0.717, 1.165) is 34.4 Å². The molecule has 2 aliphatic carbocycles. The number of carbonyl (C=O) groups excluding carboxylic acids is 4. The van der Waals surface area contributed by atoms with Crippen molar-refractivity contribution in [3.8, 4) is 0 Å². The summed E-state index contributed by atoms with van der Waals surface area (Å²) in [6.45, 7) is 22.1. The van der Waals surface area contributed by atoms with Gasteiger partial charge in [-0.05, 0) is 123 Å². The molecule has 0 saturated carbocycles. The van der Waals surface area contributed by atoms with E-state index in [2.05, 4.69) is 30.4 Å². The molecule has 0 radical (unpaired) electrons. The van der Waals surface area contributed by atoms with Crippen molar-refractivity contribution in [1.82, 2.24) is 48.8 Å². The molecule has 24 heteroatoms. The topological polar surface area (TPSA) is 226 Å². The Bertz CT molecular complexity index is 3150. The number of amides is 2. The van der Waals surface area contributed by atoms with Crippen molar-refractivity contribution in [1.29, 1.82) is 0 Å². The Balaban J connectivity index is 0.000000145. The smallest absolute Gasteiger partial charge is 0.443 e. The van der Waals surface area contributed by atoms with Gasteiger partial charge in [0.1, 0.15) is 29.5 Å². The maximum absolute atomic E-state index is 13.4. The molecular weight excluding hydrogens is 975 g/mol. The van der Waals surface area contributed by atoms with Crippen LogP contribution in [0.25, 0.3) is 16.9 Å². The van der Waals surface area contributed by atoms with Crippen molar-refractivity contribution in [2.75, 3.05) is 23.0 Å². The highest BCUT2D eigenvalue weighted by Crippen LogP contribution is 2.41. The molecule has 9 heterocycles. The number of aromatic nitrogens is 10. The largest absolute Gasteiger partial charge is 0.490 e. The molecule has 5 aliphatic rings. The summed E-state index contributed by atoms with van der Waals surface area (Å²) in [5.74, 6) is 1.10. The molecule has 3 aliphatic heterocycles. The van der Waals surface area contributed by atoms with Gasteiger partial charge in [0.2, 0.25) is 0 Å². The number of carbonyl (C=O) groups is 4. The molecule has 11 rings (SSSR count). The quantitative estimate of drug-likeness (QED) is 0.143. The summed E-state index contributed by atoms with van der Waals surface area (Å²) in [5.41, 5.74) is 4.27. The van der Waals surface area contributed by atoms with Gasteiger partial charge in [-0.15, -0.1) is 0 Å². The van der Waals surface area contributed by atoms with Crippen molar-refractivity contribution >= 4 is 82.4 Å². The highest BCUT2D eigenvalue weighted by atomic mass is 35.5. The van der Waals surface area contributed by atoms with Crippen LogP contribution < -0.4 is 9.80 Å². The third-order valence-corrected chi connectivity index (χ3v) is 13.0. The average Bonchev–Trinajstić information content (AvgIpc) is 4.18. The Morgan fingerprint density at radius 1 is 0.676 bits per heavy atom. The first-order chi connectivity index (χ1) is 34.9. The molecule has 74 heavy (non-hydrogen) atoms. The van der Waals surface area contributed by atoms with Crippen molar-refractivity contribution in [3.05, 3.63) is 88.9 Å². The van der Waals surface area contributed by atoms with E-state index in [1.165, 1.54) is 27.0 Å². The summed E-state index contributed by atoms with van der Waals surface area (Å²) in [7, 11) is -0.332. The molecule has 390 valence electrons. The summed E-state index contributed by atoms with van der Waals surface area (Å²) in [6, 6.07) is 7.11. The highest BCUT2D eigenvalue weighted by molar-refractivity contribution is 6.55. The summed E-state index contributed by atoms with van der Waals surface area (Å²) < 4.78 is 40.8. The predicted molar refractivity (Wildman–Crippen MR) is 272 cm³/mol. The van der Waals surface area contributed by atoms with Gasteiger partial charge >= 0.3 is 19.3 Å². The van der Waals surface area contributed by atoms with E-state index in [1.807, 2.05) is 76.2 Å². The third-order valence-electron chi connectivity index (χ3n) is 12.8. The second-order valence-corrected chi connectivity index (χ2v) is 21.7. The molecule has 0 bridgehead atoms. The van der Waals surface area contributed by atoms with Crippen LogP contribution in [-0.2, 0) is 64.1 Å². The summed E-state index contributed by atoms with van der Waals surface area (Å²) in [4.78, 5) is 60.9. The number of ether oxygens (including phenoxy) is 4. The number of allylic oxidation sites excluding steroid dienone is 4. The van der Waals surface area contributed by atoms with Gasteiger partial charge in [-0.25, -0.2) is 38.4 Å². The van der Waals surface area contributed by atoms with E-state index < -0.39 is 23.4 Å². The summed E-state index contributed by atoms with van der Waals surface area (Å²) in [6.07, 6.45) is 10.9. The highest BCUT2D eigenvalue weighted by Gasteiger charge is 2.52. The maximum Gasteiger partial charge on any atom is 0.490 e. The maximum atomic E-state index is 13.4.